The lowest BCUT2D eigenvalue weighted by Crippen LogP contribution is -2.49. The molecule has 24 nitrogen and oxygen atoms in total. The van der Waals surface area contributed by atoms with E-state index < -0.39 is 72.5 Å². The molecule has 10 aromatic rings. The van der Waals surface area contributed by atoms with Gasteiger partial charge in [-0.15, -0.1) is 0 Å². The van der Waals surface area contributed by atoms with Gasteiger partial charge >= 0.3 is 11.9 Å². The molecule has 26 heteroatoms. The van der Waals surface area contributed by atoms with E-state index in [0.29, 0.717) is 69.8 Å². The number of fused-ring (bicyclic) bond motifs is 8. The van der Waals surface area contributed by atoms with E-state index in [0.717, 1.165) is 178 Å². The SMILES string of the molecule is C=C1CN=C2c3cc(-c4ccccc4)c(-c4ccc(C5(CC(=O)OCc6ccc(CC(=O)[C@@H]7CC(F)(F)CN7C(=O)[C@@H]7C[C@@H](CC(=O)N8Cc9ccccc9C8)C(=O)N7)cc6)CCC5)cc4)nc3C=CN12.C=C1CN=C2c3cc(-c4ccccc4)c(-c4ccc(C5(CC(=O)OCc6ccc(CC(=O)[C@@H]7CCCN7C(=O)[C@@H]7C[C@@H](CC(=O)N8Cc9ccccc9C8)C(=O)N7)cc6)CCC5)cc4)nc3C=CN12. The van der Waals surface area contributed by atoms with Crippen molar-refractivity contribution in [2.75, 3.05) is 26.2 Å². The summed E-state index contributed by atoms with van der Waals surface area (Å²) in [5, 5.41) is 5.43. The Labute approximate surface area is 810 Å². The molecule has 0 unspecified atom stereocenters. The normalized spacial score (nSPS) is 21.0. The van der Waals surface area contributed by atoms with E-state index in [9.17, 15) is 56.7 Å². The molecule has 6 atom stereocenters. The molecule has 0 bridgehead atoms. The summed E-state index contributed by atoms with van der Waals surface area (Å²) in [6.07, 6.45) is 14.6. The van der Waals surface area contributed by atoms with Crippen LogP contribution in [0.2, 0.25) is 0 Å². The molecule has 8 aromatic carbocycles. The molecule has 708 valence electrons. The van der Waals surface area contributed by atoms with E-state index in [4.69, 9.17) is 29.4 Å². The molecule has 2 aromatic heterocycles. The van der Waals surface area contributed by atoms with Gasteiger partial charge in [-0.2, -0.15) is 0 Å². The standard InChI is InChI=1S/C57H52F2N6O6.C57H54N6O6/c1-35-30-60-53-45-27-44(38-8-3-2-4-9-38)52(61-46(45)20-23-64(35)53)39-16-18-43(19-17-39)56(21-7-22-56)29-51(68)71-33-37-14-12-36(13-15-37)24-49(66)48-28-57(58,59)34-65(48)55(70)47-25-42(54(69)62-47)26-50(67)63-31-40-10-5-6-11-41(40)32-63;1-36-32-58-54-46-30-45(39-9-3-2-4-10-39)53(59-47(46)22-26-62(36)54)40-18-20-44(21-19-40)57(23-8-24-57)31-52(66)69-35-38-16-14-37(15-17-38)27-50(64)49-13-7-25-63(49)56(68)48-28-43(55(67)60-48)29-51(65)61-33-41-11-5-6-12-42(41)34-61/h2-6,8-20,23,27,42,47-48H,1,7,21-22,24-26,28-34H2,(H,62,69);2-6,9-12,14-22,26,30,43,48-49H,1,7-8,13,23-25,27-29,31-35H2,(H,60,67)/t42-,47-,48-;43-,48-,49-/m00/s1. The molecule has 2 aliphatic carbocycles. The van der Waals surface area contributed by atoms with Crippen molar-refractivity contribution >= 4 is 82.8 Å². The van der Waals surface area contributed by atoms with Crippen LogP contribution in [-0.2, 0) is 120 Å². The number of rotatable bonds is 26. The van der Waals surface area contributed by atoms with Gasteiger partial charge in [-0.05, 0) is 142 Å². The summed E-state index contributed by atoms with van der Waals surface area (Å²) in [5.41, 5.74) is 22.1. The smallest absolute Gasteiger partial charge is 0.307 e. The molecule has 22 rings (SSSR count). The minimum absolute atomic E-state index is 0.0174. The molecule has 140 heavy (non-hydrogen) atoms. The van der Waals surface area contributed by atoms with Gasteiger partial charge in [0.25, 0.3) is 5.92 Å². The maximum Gasteiger partial charge on any atom is 0.307 e. The number of benzene rings is 8. The zero-order valence-electron chi connectivity index (χ0n) is 77.7. The lowest BCUT2D eigenvalue weighted by molar-refractivity contribution is -0.148. The average Bonchev–Trinajstić information content (AvgIpc) is 1.73. The Hall–Kier alpha value is -15.1. The van der Waals surface area contributed by atoms with Gasteiger partial charge in [-0.3, -0.25) is 57.9 Å². The summed E-state index contributed by atoms with van der Waals surface area (Å²) in [5.74, 6) is -6.23. The number of carbonyl (C=O) groups is 10. The van der Waals surface area contributed by atoms with Crippen LogP contribution < -0.4 is 10.6 Å². The zero-order chi connectivity index (χ0) is 96.2. The largest absolute Gasteiger partial charge is 0.461 e. The highest BCUT2D eigenvalue weighted by Crippen LogP contribution is 2.50. The number of aromatic nitrogens is 2. The van der Waals surface area contributed by atoms with Gasteiger partial charge in [0.1, 0.15) is 37.0 Å². The average molecular weight is 1870 g/mol. The summed E-state index contributed by atoms with van der Waals surface area (Å²) in [6.45, 7) is 11.0. The number of nitrogens with zero attached hydrogens (tertiary/aromatic N) is 10. The number of likely N-dealkylation sites (tertiary alicyclic amines) is 2. The topological polar surface area (TPSA) is 283 Å². The second-order valence-corrected chi connectivity index (χ2v) is 39.3. The molecular formula is C114H106F2N12O12. The fraction of sp³-hybridized carbons (Fsp3) is 0.316. The van der Waals surface area contributed by atoms with Crippen LogP contribution in [0.3, 0.4) is 0 Å². The third-order valence-electron chi connectivity index (χ3n) is 30.3. The molecule has 6 amide bonds. The molecule has 2 N–H and O–H groups in total. The molecule has 6 fully saturated rings. The van der Waals surface area contributed by atoms with Crippen molar-refractivity contribution in [3.8, 4) is 44.8 Å². The first kappa shape index (κ1) is 91.3. The first-order valence-electron chi connectivity index (χ1n) is 48.5. The van der Waals surface area contributed by atoms with E-state index >= 15 is 0 Å². The fourth-order valence-corrected chi connectivity index (χ4v) is 22.2. The molecule has 10 aliphatic heterocycles. The molecule has 0 radical (unpaired) electrons. The second kappa shape index (κ2) is 38.0. The van der Waals surface area contributed by atoms with Crippen molar-refractivity contribution in [3.63, 3.8) is 0 Å². The Morgan fingerprint density at radius 2 is 0.836 bits per heavy atom. The van der Waals surface area contributed by atoms with Crippen molar-refractivity contribution in [3.05, 3.63) is 333 Å². The molecule has 4 saturated heterocycles. The maximum atomic E-state index is 14.9. The maximum absolute atomic E-state index is 14.9. The number of Topliss-reactive ketones (excluding diaryl/α,β-unsaturated/α-hetero) is 2. The van der Waals surface area contributed by atoms with Gasteiger partial charge in [-0.25, -0.2) is 18.7 Å². The third-order valence-corrected chi connectivity index (χ3v) is 30.3. The van der Waals surface area contributed by atoms with Crippen molar-refractivity contribution in [1.82, 2.24) is 50.0 Å². The van der Waals surface area contributed by atoms with Crippen LogP contribution in [0, 0.1) is 11.8 Å². The van der Waals surface area contributed by atoms with Gasteiger partial charge in [0, 0.05) is 145 Å². The lowest BCUT2D eigenvalue weighted by Gasteiger charge is -2.42. The van der Waals surface area contributed by atoms with Gasteiger partial charge < -0.3 is 49.5 Å². The minimum Gasteiger partial charge on any atom is -0.461 e. The number of amides is 6. The van der Waals surface area contributed by atoms with Crippen LogP contribution in [0.4, 0.5) is 8.78 Å². The van der Waals surface area contributed by atoms with Gasteiger partial charge in [0.2, 0.25) is 35.4 Å². The van der Waals surface area contributed by atoms with Crippen LogP contribution in [0.15, 0.2) is 265 Å². The number of halogens is 2. The van der Waals surface area contributed by atoms with E-state index in [2.05, 4.69) is 109 Å². The summed E-state index contributed by atoms with van der Waals surface area (Å²) in [7, 11) is 0. The van der Waals surface area contributed by atoms with E-state index in [1.807, 2.05) is 144 Å². The van der Waals surface area contributed by atoms with Crippen molar-refractivity contribution < 1.29 is 66.2 Å². The van der Waals surface area contributed by atoms with Crippen LogP contribution in [-0.4, -0.2) is 166 Å². The highest BCUT2D eigenvalue weighted by Gasteiger charge is 2.53. The first-order chi connectivity index (χ1) is 67.9. The number of nitrogens with one attached hydrogen (secondary N) is 2. The third kappa shape index (κ3) is 18.4. The number of ether oxygens (including phenoxy) is 2. The molecular weight excluding hydrogens is 1770 g/mol. The Morgan fingerprint density at radius 1 is 0.443 bits per heavy atom. The van der Waals surface area contributed by atoms with Crippen LogP contribution in [0.25, 0.3) is 56.9 Å². The molecule has 12 aliphatic rings. The lowest BCUT2D eigenvalue weighted by atomic mass is 9.62. The predicted octanol–water partition coefficient (Wildman–Crippen LogP) is 16.4. The number of alkyl halides is 2. The summed E-state index contributed by atoms with van der Waals surface area (Å²) < 4.78 is 41.5. The number of hydrogen-bond donors (Lipinski definition) is 2. The summed E-state index contributed by atoms with van der Waals surface area (Å²) in [4.78, 5) is 164. The summed E-state index contributed by atoms with van der Waals surface area (Å²) in [6, 6.07) is 67.9. The van der Waals surface area contributed by atoms with Crippen LogP contribution in [0.1, 0.15) is 174 Å². The first-order valence-corrected chi connectivity index (χ1v) is 48.5. The summed E-state index contributed by atoms with van der Waals surface area (Å²) >= 11 is 0. The van der Waals surface area contributed by atoms with E-state index in [-0.39, 0.29) is 117 Å². The predicted molar refractivity (Wildman–Crippen MR) is 524 cm³/mol. The quantitative estimate of drug-likeness (QED) is 0.0476. The van der Waals surface area contributed by atoms with Crippen molar-refractivity contribution in [2.24, 2.45) is 21.8 Å². The van der Waals surface area contributed by atoms with Gasteiger partial charge in [0.05, 0.1) is 67.3 Å². The Balaban J connectivity index is 0.000000166. The Bertz CT molecular complexity index is 6780. The highest BCUT2D eigenvalue weighted by molar-refractivity contribution is 6.09. The number of esters is 2. The second-order valence-electron chi connectivity index (χ2n) is 39.3. The Morgan fingerprint density at radius 3 is 1.24 bits per heavy atom. The van der Waals surface area contributed by atoms with E-state index in [1.165, 1.54) is 0 Å². The molecule has 2 saturated carbocycles. The van der Waals surface area contributed by atoms with Crippen LogP contribution >= 0.6 is 0 Å². The zero-order valence-corrected chi connectivity index (χ0v) is 77.7. The Kier molecular flexibility index (Phi) is 24.8. The number of aliphatic imine (C=N–C) groups is 2. The van der Waals surface area contributed by atoms with E-state index in [1.54, 1.807) is 39.0 Å². The number of carbonyl (C=O) groups excluding carboxylic acids is 10. The number of pyridine rings is 2. The number of amidine groups is 2. The van der Waals surface area contributed by atoms with Gasteiger partial charge in [-0.1, -0.05) is 232 Å². The molecule has 12 heterocycles. The van der Waals surface area contributed by atoms with Crippen LogP contribution in [0.5, 0.6) is 0 Å². The van der Waals surface area contributed by atoms with Crippen molar-refractivity contribution in [1.29, 1.82) is 0 Å². The van der Waals surface area contributed by atoms with Gasteiger partial charge in [0.15, 0.2) is 11.6 Å². The van der Waals surface area contributed by atoms with Crippen molar-refractivity contribution in [2.45, 2.75) is 189 Å². The highest BCUT2D eigenvalue weighted by atomic mass is 19.3. The number of ketones is 2. The number of hydrogen-bond acceptors (Lipinski definition) is 18. The monoisotopic (exact) mass is 1870 g/mol. The molecule has 0 spiro atoms. The fourth-order valence-electron chi connectivity index (χ4n) is 22.2. The minimum atomic E-state index is -3.29.